The molecular weight excluding hydrogens is 363 g/mol. The van der Waals surface area contributed by atoms with Gasteiger partial charge in [0, 0.05) is 18.5 Å². The molecule has 0 atom stereocenters. The second-order valence-electron chi connectivity index (χ2n) is 6.56. The van der Waals surface area contributed by atoms with Gasteiger partial charge in [0.25, 0.3) is 5.91 Å². The molecule has 7 heteroatoms. The van der Waals surface area contributed by atoms with Crippen LogP contribution in [-0.2, 0) is 16.0 Å². The van der Waals surface area contributed by atoms with Crippen molar-refractivity contribution in [2.24, 2.45) is 0 Å². The Kier molecular flexibility index (Phi) is 5.08. The number of halogens is 1. The first kappa shape index (κ1) is 18.2. The molecule has 1 N–H and O–H groups in total. The lowest BCUT2D eigenvalue weighted by Gasteiger charge is -2.26. The highest BCUT2D eigenvalue weighted by molar-refractivity contribution is 6.11. The highest BCUT2D eigenvalue weighted by atomic mass is 19.1. The van der Waals surface area contributed by atoms with Gasteiger partial charge in [0.2, 0.25) is 11.7 Å². The van der Waals surface area contributed by atoms with Crippen LogP contribution in [0.3, 0.4) is 0 Å². The standard InChI is InChI=1S/C21H19FN2O4/c22-15-5-3-4-14(12-15)13-18(25)23-19-16-6-1-2-7-17(16)28-20(19)21(26)24-8-10-27-11-9-24/h1-7,12H,8-11,13H2,(H,23,25). The number of amides is 2. The van der Waals surface area contributed by atoms with E-state index in [2.05, 4.69) is 5.32 Å². The van der Waals surface area contributed by atoms with Crippen LogP contribution < -0.4 is 5.32 Å². The zero-order chi connectivity index (χ0) is 19.5. The van der Waals surface area contributed by atoms with Gasteiger partial charge in [-0.25, -0.2) is 4.39 Å². The fourth-order valence-electron chi connectivity index (χ4n) is 3.25. The Morgan fingerprint density at radius 2 is 1.86 bits per heavy atom. The third-order valence-electron chi connectivity index (χ3n) is 4.61. The first-order chi connectivity index (χ1) is 13.6. The summed E-state index contributed by atoms with van der Waals surface area (Å²) in [6.45, 7) is 1.86. The SMILES string of the molecule is O=C(Cc1cccc(F)c1)Nc1c(C(=O)N2CCOCC2)oc2ccccc12. The van der Waals surface area contributed by atoms with Crippen molar-refractivity contribution < 1.29 is 23.1 Å². The van der Waals surface area contributed by atoms with Gasteiger partial charge in [-0.2, -0.15) is 0 Å². The number of hydrogen-bond donors (Lipinski definition) is 1. The number of furan rings is 1. The number of benzene rings is 2. The zero-order valence-corrected chi connectivity index (χ0v) is 15.1. The molecule has 2 aromatic carbocycles. The molecule has 0 radical (unpaired) electrons. The Hall–Kier alpha value is -3.19. The molecule has 0 saturated carbocycles. The fraction of sp³-hybridized carbons (Fsp3) is 0.238. The Labute approximate surface area is 160 Å². The number of fused-ring (bicyclic) bond motifs is 1. The largest absolute Gasteiger partial charge is 0.449 e. The number of carbonyl (C=O) groups excluding carboxylic acids is 2. The molecule has 3 aromatic rings. The van der Waals surface area contributed by atoms with Gasteiger partial charge in [-0.15, -0.1) is 0 Å². The highest BCUT2D eigenvalue weighted by Gasteiger charge is 2.27. The summed E-state index contributed by atoms with van der Waals surface area (Å²) in [7, 11) is 0. The van der Waals surface area contributed by atoms with Gasteiger partial charge in [-0.05, 0) is 29.8 Å². The van der Waals surface area contributed by atoms with E-state index >= 15 is 0 Å². The molecule has 144 valence electrons. The number of nitrogens with zero attached hydrogens (tertiary/aromatic N) is 1. The van der Waals surface area contributed by atoms with Crippen LogP contribution in [0.4, 0.5) is 10.1 Å². The van der Waals surface area contributed by atoms with Gasteiger partial charge in [-0.1, -0.05) is 24.3 Å². The molecule has 0 aliphatic carbocycles. The molecule has 4 rings (SSSR count). The first-order valence-corrected chi connectivity index (χ1v) is 9.04. The average Bonchev–Trinajstić information content (AvgIpc) is 3.06. The van der Waals surface area contributed by atoms with Gasteiger partial charge < -0.3 is 19.4 Å². The van der Waals surface area contributed by atoms with Gasteiger partial charge in [0.15, 0.2) is 0 Å². The summed E-state index contributed by atoms with van der Waals surface area (Å²) in [5.41, 5.74) is 1.40. The van der Waals surface area contributed by atoms with Crippen molar-refractivity contribution in [2.45, 2.75) is 6.42 Å². The smallest absolute Gasteiger partial charge is 0.291 e. The number of rotatable bonds is 4. The maximum Gasteiger partial charge on any atom is 0.291 e. The van der Waals surface area contributed by atoms with Crippen LogP contribution in [0.25, 0.3) is 11.0 Å². The second kappa shape index (κ2) is 7.82. The maximum absolute atomic E-state index is 13.4. The van der Waals surface area contributed by atoms with E-state index in [1.54, 1.807) is 35.2 Å². The summed E-state index contributed by atoms with van der Waals surface area (Å²) in [5.74, 6) is -0.952. The van der Waals surface area contributed by atoms with Crippen LogP contribution in [0.1, 0.15) is 16.1 Å². The number of ether oxygens (including phenoxy) is 1. The minimum atomic E-state index is -0.401. The molecule has 0 unspecified atom stereocenters. The Morgan fingerprint density at radius 3 is 2.64 bits per heavy atom. The van der Waals surface area contributed by atoms with Crippen LogP contribution in [0, 0.1) is 5.82 Å². The topological polar surface area (TPSA) is 71.8 Å². The Morgan fingerprint density at radius 1 is 1.07 bits per heavy atom. The summed E-state index contributed by atoms with van der Waals surface area (Å²) < 4.78 is 24.4. The second-order valence-corrected chi connectivity index (χ2v) is 6.56. The van der Waals surface area contributed by atoms with Crippen molar-refractivity contribution in [3.8, 4) is 0 Å². The third kappa shape index (κ3) is 3.75. The highest BCUT2D eigenvalue weighted by Crippen LogP contribution is 2.32. The van der Waals surface area contributed by atoms with Crippen molar-refractivity contribution in [3.63, 3.8) is 0 Å². The molecular formula is C21H19FN2O4. The summed E-state index contributed by atoms with van der Waals surface area (Å²) in [4.78, 5) is 27.2. The summed E-state index contributed by atoms with van der Waals surface area (Å²) >= 11 is 0. The van der Waals surface area contributed by atoms with Crippen LogP contribution in [0.5, 0.6) is 0 Å². The molecule has 1 saturated heterocycles. The summed E-state index contributed by atoms with van der Waals surface area (Å²) in [5, 5.41) is 3.43. The lowest BCUT2D eigenvalue weighted by molar-refractivity contribution is -0.115. The van der Waals surface area contributed by atoms with Crippen molar-refractivity contribution >= 4 is 28.5 Å². The molecule has 28 heavy (non-hydrogen) atoms. The van der Waals surface area contributed by atoms with Gasteiger partial charge >= 0.3 is 0 Å². The monoisotopic (exact) mass is 382 g/mol. The van der Waals surface area contributed by atoms with Crippen molar-refractivity contribution in [3.05, 3.63) is 65.7 Å². The van der Waals surface area contributed by atoms with Crippen LogP contribution in [-0.4, -0.2) is 43.0 Å². The van der Waals surface area contributed by atoms with Crippen molar-refractivity contribution in [2.75, 3.05) is 31.6 Å². The predicted molar refractivity (Wildman–Crippen MR) is 102 cm³/mol. The maximum atomic E-state index is 13.4. The number of anilines is 1. The molecule has 0 bridgehead atoms. The number of morpholine rings is 1. The molecule has 1 aliphatic rings. The fourth-order valence-corrected chi connectivity index (χ4v) is 3.25. The minimum absolute atomic E-state index is 0.0115. The van der Waals surface area contributed by atoms with E-state index in [0.29, 0.717) is 48.5 Å². The average molecular weight is 382 g/mol. The van der Waals surface area contributed by atoms with E-state index in [1.807, 2.05) is 6.07 Å². The molecule has 1 aliphatic heterocycles. The van der Waals surface area contributed by atoms with E-state index in [1.165, 1.54) is 12.1 Å². The van der Waals surface area contributed by atoms with E-state index in [9.17, 15) is 14.0 Å². The van der Waals surface area contributed by atoms with E-state index in [0.717, 1.165) is 0 Å². The quantitative estimate of drug-likeness (QED) is 0.752. The van der Waals surface area contributed by atoms with Crippen molar-refractivity contribution in [1.82, 2.24) is 4.90 Å². The molecule has 2 amide bonds. The van der Waals surface area contributed by atoms with Crippen molar-refractivity contribution in [1.29, 1.82) is 0 Å². The third-order valence-corrected chi connectivity index (χ3v) is 4.61. The molecule has 0 spiro atoms. The van der Waals surface area contributed by atoms with Gasteiger partial charge in [0.05, 0.1) is 19.6 Å². The zero-order valence-electron chi connectivity index (χ0n) is 15.1. The normalized spacial score (nSPS) is 14.2. The minimum Gasteiger partial charge on any atom is -0.449 e. The number of nitrogens with one attached hydrogen (secondary N) is 1. The molecule has 1 fully saturated rings. The predicted octanol–water partition coefficient (Wildman–Crippen LogP) is 3.23. The van der Waals surface area contributed by atoms with Crippen LogP contribution >= 0.6 is 0 Å². The first-order valence-electron chi connectivity index (χ1n) is 9.04. The lowest BCUT2D eigenvalue weighted by atomic mass is 10.1. The van der Waals surface area contributed by atoms with E-state index in [-0.39, 0.29) is 24.0 Å². The number of para-hydroxylation sites is 1. The van der Waals surface area contributed by atoms with Crippen LogP contribution in [0.15, 0.2) is 52.9 Å². The Bertz CT molecular complexity index is 1020. The number of hydrogen-bond acceptors (Lipinski definition) is 4. The lowest BCUT2D eigenvalue weighted by Crippen LogP contribution is -2.40. The van der Waals surface area contributed by atoms with Crippen LogP contribution in [0.2, 0.25) is 0 Å². The Balaban J connectivity index is 1.63. The molecule has 2 heterocycles. The molecule has 6 nitrogen and oxygen atoms in total. The summed E-state index contributed by atoms with van der Waals surface area (Å²) in [6.07, 6.45) is -0.0115. The molecule has 1 aromatic heterocycles. The van der Waals surface area contributed by atoms with Gasteiger partial charge in [0.1, 0.15) is 17.1 Å². The van der Waals surface area contributed by atoms with E-state index < -0.39 is 5.82 Å². The van der Waals surface area contributed by atoms with E-state index in [4.69, 9.17) is 9.15 Å². The summed E-state index contributed by atoms with van der Waals surface area (Å²) in [6, 6.07) is 13.0. The number of carbonyl (C=O) groups is 2. The van der Waals surface area contributed by atoms with Gasteiger partial charge in [-0.3, -0.25) is 9.59 Å².